The third-order valence-electron chi connectivity index (χ3n) is 11.5. The summed E-state index contributed by atoms with van der Waals surface area (Å²) in [4.78, 5) is 0. The highest BCUT2D eigenvalue weighted by molar-refractivity contribution is 6.23. The molecule has 4 heterocycles. The summed E-state index contributed by atoms with van der Waals surface area (Å²) in [7, 11) is 0. The van der Waals surface area contributed by atoms with Crippen LogP contribution in [0.1, 0.15) is 5.56 Å². The Balaban J connectivity index is 1.35. The van der Waals surface area contributed by atoms with E-state index in [1.165, 1.54) is 6.07 Å². The van der Waals surface area contributed by atoms with Crippen molar-refractivity contribution in [1.82, 2.24) is 9.13 Å². The van der Waals surface area contributed by atoms with Gasteiger partial charge >= 0.3 is 6.18 Å². The van der Waals surface area contributed by atoms with Crippen molar-refractivity contribution in [2.24, 2.45) is 0 Å². The van der Waals surface area contributed by atoms with Crippen molar-refractivity contribution in [2.45, 2.75) is 6.18 Å². The molecule has 0 saturated carbocycles. The molecule has 0 aliphatic heterocycles. The Hall–Kier alpha value is -7.39. The first kappa shape index (κ1) is 32.8. The lowest BCUT2D eigenvalue weighted by Crippen LogP contribution is -2.12. The summed E-state index contributed by atoms with van der Waals surface area (Å²) in [6, 6.07) is 42.8. The third-order valence-corrected chi connectivity index (χ3v) is 11.5. The van der Waals surface area contributed by atoms with Crippen molar-refractivity contribution in [2.75, 3.05) is 0 Å². The topological polar surface area (TPSA) is 36.1 Å². The number of benzene rings is 8. The Morgan fingerprint density at radius 2 is 0.810 bits per heavy atom. The van der Waals surface area contributed by atoms with E-state index in [9.17, 15) is 0 Å². The highest BCUT2D eigenvalue weighted by Crippen LogP contribution is 2.49. The number of rotatable bonds is 3. The van der Waals surface area contributed by atoms with E-state index < -0.39 is 28.9 Å². The minimum Gasteiger partial charge on any atom is -0.454 e. The van der Waals surface area contributed by atoms with E-state index in [4.69, 9.17) is 8.83 Å². The molecule has 4 nitrogen and oxygen atoms in total. The lowest BCUT2D eigenvalue weighted by molar-refractivity contribution is -0.137. The molecule has 58 heavy (non-hydrogen) atoms. The standard InChI is InChI=1S/C49H25F5N2O2/c50-35-14-9-15-36(51)43(35)44-39(55-37-16-5-1-10-27(37)31-20-22-33-29-12-3-7-18-41(29)57-47(33)45(31)55)24-26(49(52,53)54)25-40(44)56-38-17-6-2-11-28(38)32-21-23-34-30-13-4-8-19-42(30)58-48(34)46(32)56/h1-25H. The molecule has 0 unspecified atom stereocenters. The van der Waals surface area contributed by atoms with Gasteiger partial charge in [0.2, 0.25) is 0 Å². The number of aromatic nitrogens is 2. The molecule has 0 aliphatic rings. The van der Waals surface area contributed by atoms with Gasteiger partial charge in [-0.05, 0) is 60.7 Å². The Morgan fingerprint density at radius 1 is 0.397 bits per heavy atom. The van der Waals surface area contributed by atoms with Crippen LogP contribution in [0.4, 0.5) is 22.0 Å². The molecule has 0 aliphatic carbocycles. The Morgan fingerprint density at radius 3 is 1.28 bits per heavy atom. The van der Waals surface area contributed by atoms with Crippen LogP contribution in [0.3, 0.4) is 0 Å². The number of para-hydroxylation sites is 4. The van der Waals surface area contributed by atoms with Gasteiger partial charge in [0.05, 0.1) is 44.6 Å². The average Bonchev–Trinajstić information content (AvgIpc) is 3.98. The molecule has 0 atom stereocenters. The number of furan rings is 2. The van der Waals surface area contributed by atoms with Crippen LogP contribution >= 0.6 is 0 Å². The van der Waals surface area contributed by atoms with Crippen LogP contribution in [0.5, 0.6) is 0 Å². The van der Waals surface area contributed by atoms with Gasteiger partial charge in [-0.2, -0.15) is 13.2 Å². The zero-order chi connectivity index (χ0) is 39.0. The number of hydrogen-bond acceptors (Lipinski definition) is 2. The van der Waals surface area contributed by atoms with Crippen molar-refractivity contribution in [1.29, 1.82) is 0 Å². The summed E-state index contributed by atoms with van der Waals surface area (Å²) >= 11 is 0. The van der Waals surface area contributed by atoms with Crippen LogP contribution in [0.15, 0.2) is 160 Å². The van der Waals surface area contributed by atoms with Gasteiger partial charge in [0.15, 0.2) is 11.2 Å². The van der Waals surface area contributed by atoms with Crippen molar-refractivity contribution < 1.29 is 30.8 Å². The monoisotopic (exact) mass is 768 g/mol. The maximum Gasteiger partial charge on any atom is 0.416 e. The number of hydrogen-bond donors (Lipinski definition) is 0. The predicted molar refractivity (Wildman–Crippen MR) is 220 cm³/mol. The first-order chi connectivity index (χ1) is 28.3. The summed E-state index contributed by atoms with van der Waals surface area (Å²) in [5.41, 5.74) is 2.24. The molecular weight excluding hydrogens is 744 g/mol. The summed E-state index contributed by atoms with van der Waals surface area (Å²) in [6.45, 7) is 0. The Kier molecular flexibility index (Phi) is 6.55. The molecule has 0 amide bonds. The van der Waals surface area contributed by atoms with Gasteiger partial charge in [-0.1, -0.05) is 91.0 Å². The second-order valence-corrected chi connectivity index (χ2v) is 14.6. The summed E-state index contributed by atoms with van der Waals surface area (Å²) < 4.78 is 96.4. The maximum absolute atomic E-state index is 16.6. The van der Waals surface area contributed by atoms with Crippen LogP contribution in [-0.4, -0.2) is 9.13 Å². The summed E-state index contributed by atoms with van der Waals surface area (Å²) in [6.07, 6.45) is -4.88. The number of alkyl halides is 3. The van der Waals surface area contributed by atoms with E-state index >= 15 is 22.0 Å². The number of halogens is 5. The molecule has 12 aromatic rings. The minimum atomic E-state index is -4.88. The summed E-state index contributed by atoms with van der Waals surface area (Å²) in [5, 5.41) is 5.96. The predicted octanol–water partition coefficient (Wildman–Crippen LogP) is 14.6. The van der Waals surface area contributed by atoms with Crippen molar-refractivity contribution >= 4 is 87.5 Å². The second-order valence-electron chi connectivity index (χ2n) is 14.6. The van der Waals surface area contributed by atoms with E-state index in [0.29, 0.717) is 55.2 Å². The molecule has 0 fully saturated rings. The van der Waals surface area contributed by atoms with Gasteiger partial charge in [-0.25, -0.2) is 8.78 Å². The molecule has 12 rings (SSSR count). The zero-order valence-electron chi connectivity index (χ0n) is 30.0. The van der Waals surface area contributed by atoms with Gasteiger partial charge in [0.25, 0.3) is 0 Å². The first-order valence-corrected chi connectivity index (χ1v) is 18.6. The van der Waals surface area contributed by atoms with Crippen LogP contribution < -0.4 is 0 Å². The first-order valence-electron chi connectivity index (χ1n) is 18.6. The number of fused-ring (bicyclic) bond motifs is 14. The van der Waals surface area contributed by atoms with Crippen molar-refractivity contribution in [3.63, 3.8) is 0 Å². The van der Waals surface area contributed by atoms with Gasteiger partial charge < -0.3 is 18.0 Å². The molecule has 0 radical (unpaired) electrons. The second kappa shape index (κ2) is 11.6. The van der Waals surface area contributed by atoms with Gasteiger partial charge in [0.1, 0.15) is 22.8 Å². The van der Waals surface area contributed by atoms with E-state index in [1.807, 2.05) is 97.1 Å². The maximum atomic E-state index is 16.6. The number of nitrogens with zero attached hydrogens (tertiary/aromatic N) is 2. The van der Waals surface area contributed by atoms with Crippen molar-refractivity contribution in [3.8, 4) is 22.5 Å². The lowest BCUT2D eigenvalue weighted by Gasteiger charge is -2.23. The molecule has 9 heteroatoms. The van der Waals surface area contributed by atoms with Gasteiger partial charge in [-0.15, -0.1) is 0 Å². The van der Waals surface area contributed by atoms with Crippen LogP contribution in [0.2, 0.25) is 0 Å². The van der Waals surface area contributed by atoms with E-state index in [0.717, 1.165) is 56.6 Å². The smallest absolute Gasteiger partial charge is 0.416 e. The molecule has 0 spiro atoms. The largest absolute Gasteiger partial charge is 0.454 e. The molecular formula is C49H25F5N2O2. The van der Waals surface area contributed by atoms with E-state index in [2.05, 4.69) is 0 Å². The molecule has 8 aromatic carbocycles. The average molecular weight is 769 g/mol. The highest BCUT2D eigenvalue weighted by atomic mass is 19.4. The molecule has 4 aromatic heterocycles. The van der Waals surface area contributed by atoms with E-state index in [-0.39, 0.29) is 16.9 Å². The van der Waals surface area contributed by atoms with Gasteiger partial charge in [0, 0.05) is 48.7 Å². The fourth-order valence-corrected chi connectivity index (χ4v) is 9.08. The van der Waals surface area contributed by atoms with Crippen LogP contribution in [0.25, 0.3) is 110 Å². The Bertz CT molecular complexity index is 3480. The van der Waals surface area contributed by atoms with Gasteiger partial charge in [-0.3, -0.25) is 0 Å². The van der Waals surface area contributed by atoms with Crippen LogP contribution in [0, 0.1) is 11.6 Å². The fraction of sp³-hybridized carbons (Fsp3) is 0.0204. The minimum absolute atomic E-state index is 0.0873. The molecule has 0 N–H and O–H groups in total. The normalized spacial score (nSPS) is 12.6. The molecule has 278 valence electrons. The van der Waals surface area contributed by atoms with Crippen LogP contribution in [-0.2, 0) is 6.18 Å². The Labute approximate surface area is 324 Å². The summed E-state index contributed by atoms with van der Waals surface area (Å²) in [5.74, 6) is -1.88. The lowest BCUT2D eigenvalue weighted by atomic mass is 9.96. The SMILES string of the molecule is Fc1cccc(F)c1-c1c(-n2c3ccccc3c3ccc4c5ccccc5oc4c32)cc(C(F)(F)F)cc1-n1c2ccccc2c2ccc3c4ccccc4oc3c21. The van der Waals surface area contributed by atoms with Crippen molar-refractivity contribution in [3.05, 3.63) is 169 Å². The molecule has 0 saturated heterocycles. The fourth-order valence-electron chi connectivity index (χ4n) is 9.08. The third kappa shape index (κ3) is 4.38. The quantitative estimate of drug-likeness (QED) is 0.168. The highest BCUT2D eigenvalue weighted by Gasteiger charge is 2.36. The van der Waals surface area contributed by atoms with E-state index in [1.54, 1.807) is 33.4 Å². The zero-order valence-corrected chi connectivity index (χ0v) is 30.0. The molecule has 0 bridgehead atoms.